The van der Waals surface area contributed by atoms with Gasteiger partial charge in [-0.3, -0.25) is 4.79 Å². The molecule has 6 nitrogen and oxygen atoms in total. The Morgan fingerprint density at radius 3 is 2.89 bits per heavy atom. The van der Waals surface area contributed by atoms with Crippen LogP contribution in [0.4, 0.5) is 5.00 Å². The smallest absolute Gasteiger partial charge is 0.235 e. The highest BCUT2D eigenvalue weighted by atomic mass is 32.2. The molecule has 1 saturated carbocycles. The summed E-state index contributed by atoms with van der Waals surface area (Å²) in [7, 11) is 1.98. The lowest BCUT2D eigenvalue weighted by Gasteiger charge is -2.17. The SMILES string of the molecule is CC1CCc2c(sc(NC(=O)CSc3nnc(C4CCCC4)n3C)c2C#N)C1. The van der Waals surface area contributed by atoms with E-state index in [1.165, 1.54) is 42.3 Å². The number of anilines is 1. The van der Waals surface area contributed by atoms with E-state index in [-0.39, 0.29) is 11.7 Å². The quantitative estimate of drug-likeness (QED) is 0.738. The third-order valence-corrected chi connectivity index (χ3v) is 7.99. The van der Waals surface area contributed by atoms with Gasteiger partial charge in [0, 0.05) is 17.8 Å². The Morgan fingerprint density at radius 2 is 2.14 bits per heavy atom. The number of nitrogens with zero attached hydrogens (tertiary/aromatic N) is 4. The van der Waals surface area contributed by atoms with E-state index in [4.69, 9.17) is 0 Å². The number of hydrogen-bond donors (Lipinski definition) is 1. The van der Waals surface area contributed by atoms with Crippen LogP contribution in [0.3, 0.4) is 0 Å². The number of carbonyl (C=O) groups excluding carboxylic acids is 1. The number of amides is 1. The molecule has 28 heavy (non-hydrogen) atoms. The van der Waals surface area contributed by atoms with E-state index in [9.17, 15) is 10.1 Å². The molecule has 2 heterocycles. The van der Waals surface area contributed by atoms with Gasteiger partial charge >= 0.3 is 0 Å². The zero-order valence-electron chi connectivity index (χ0n) is 16.3. The summed E-state index contributed by atoms with van der Waals surface area (Å²) in [5.74, 6) is 2.34. The van der Waals surface area contributed by atoms with Gasteiger partial charge in [0.25, 0.3) is 0 Å². The maximum atomic E-state index is 12.5. The Balaban J connectivity index is 1.40. The number of nitriles is 1. The van der Waals surface area contributed by atoms with E-state index >= 15 is 0 Å². The third kappa shape index (κ3) is 3.83. The van der Waals surface area contributed by atoms with Gasteiger partial charge in [-0.1, -0.05) is 31.5 Å². The van der Waals surface area contributed by atoms with Gasteiger partial charge < -0.3 is 9.88 Å². The van der Waals surface area contributed by atoms with Crippen LogP contribution in [-0.2, 0) is 24.7 Å². The minimum atomic E-state index is -0.0986. The molecule has 4 rings (SSSR count). The Hall–Kier alpha value is -1.85. The maximum absolute atomic E-state index is 12.5. The van der Waals surface area contributed by atoms with Crippen LogP contribution < -0.4 is 5.32 Å². The molecule has 2 aliphatic carbocycles. The van der Waals surface area contributed by atoms with Gasteiger partial charge in [0.1, 0.15) is 16.9 Å². The fraction of sp³-hybridized carbons (Fsp3) is 0.600. The predicted molar refractivity (Wildman–Crippen MR) is 112 cm³/mol. The van der Waals surface area contributed by atoms with Crippen LogP contribution in [0.5, 0.6) is 0 Å². The van der Waals surface area contributed by atoms with Crippen LogP contribution in [0.15, 0.2) is 5.16 Å². The second-order valence-corrected chi connectivity index (χ2v) is 9.93. The van der Waals surface area contributed by atoms with Crippen LogP contribution in [0.2, 0.25) is 0 Å². The molecule has 148 valence electrons. The van der Waals surface area contributed by atoms with Gasteiger partial charge in [0.2, 0.25) is 5.91 Å². The zero-order valence-corrected chi connectivity index (χ0v) is 18.0. The molecular formula is C20H25N5OS2. The Labute approximate surface area is 173 Å². The highest BCUT2D eigenvalue weighted by Crippen LogP contribution is 2.39. The molecule has 2 aromatic rings. The van der Waals surface area contributed by atoms with E-state index in [0.717, 1.165) is 35.8 Å². The largest absolute Gasteiger partial charge is 0.316 e. The lowest BCUT2D eigenvalue weighted by atomic mass is 9.89. The highest BCUT2D eigenvalue weighted by Gasteiger charge is 2.26. The second-order valence-electron chi connectivity index (χ2n) is 7.89. The van der Waals surface area contributed by atoms with Crippen molar-refractivity contribution in [2.75, 3.05) is 11.1 Å². The van der Waals surface area contributed by atoms with Crippen LogP contribution in [0, 0.1) is 17.2 Å². The van der Waals surface area contributed by atoms with Crippen molar-refractivity contribution >= 4 is 34.0 Å². The van der Waals surface area contributed by atoms with Crippen LogP contribution in [0.1, 0.15) is 66.8 Å². The van der Waals surface area contributed by atoms with Crippen LogP contribution in [0.25, 0.3) is 0 Å². The number of fused-ring (bicyclic) bond motifs is 1. The fourth-order valence-corrected chi connectivity index (χ4v) is 6.34. The molecule has 1 unspecified atom stereocenters. The number of nitrogens with one attached hydrogen (secondary N) is 1. The molecule has 1 atom stereocenters. The standard InChI is InChI=1S/C20H25N5OS2/c1-12-7-8-14-15(10-21)19(28-16(14)9-12)22-17(26)11-27-20-24-23-18(25(20)2)13-5-3-4-6-13/h12-13H,3-9,11H2,1-2H3,(H,22,26). The van der Waals surface area contributed by atoms with Gasteiger partial charge in [-0.2, -0.15) is 5.26 Å². The van der Waals surface area contributed by atoms with E-state index in [1.54, 1.807) is 11.3 Å². The molecule has 8 heteroatoms. The van der Waals surface area contributed by atoms with Gasteiger partial charge in [-0.25, -0.2) is 0 Å². The second kappa shape index (κ2) is 8.26. The molecule has 0 bridgehead atoms. The van der Waals surface area contributed by atoms with Crippen molar-refractivity contribution in [2.24, 2.45) is 13.0 Å². The summed E-state index contributed by atoms with van der Waals surface area (Å²) >= 11 is 2.97. The summed E-state index contributed by atoms with van der Waals surface area (Å²) < 4.78 is 2.03. The summed E-state index contributed by atoms with van der Waals surface area (Å²) in [6.07, 6.45) is 7.91. The van der Waals surface area contributed by atoms with Gasteiger partial charge in [0.05, 0.1) is 11.3 Å². The fourth-order valence-electron chi connectivity index (χ4n) is 4.24. The normalized spacial score (nSPS) is 19.4. The van der Waals surface area contributed by atoms with Crippen LogP contribution >= 0.6 is 23.1 Å². The van der Waals surface area contributed by atoms with Crippen molar-refractivity contribution in [2.45, 2.75) is 62.9 Å². The summed E-state index contributed by atoms with van der Waals surface area (Å²) in [6, 6.07) is 2.30. The summed E-state index contributed by atoms with van der Waals surface area (Å²) in [4.78, 5) is 13.8. The molecule has 0 aromatic carbocycles. The van der Waals surface area contributed by atoms with Crippen molar-refractivity contribution in [3.63, 3.8) is 0 Å². The minimum Gasteiger partial charge on any atom is -0.316 e. The molecule has 2 aromatic heterocycles. The maximum Gasteiger partial charge on any atom is 0.235 e. The predicted octanol–water partition coefficient (Wildman–Crippen LogP) is 4.26. The third-order valence-electron chi connectivity index (χ3n) is 5.80. The van der Waals surface area contributed by atoms with Crippen LogP contribution in [-0.4, -0.2) is 26.4 Å². The number of thioether (sulfide) groups is 1. The Morgan fingerprint density at radius 1 is 1.36 bits per heavy atom. The molecular weight excluding hydrogens is 390 g/mol. The number of thiophene rings is 1. The van der Waals surface area contributed by atoms with Crippen molar-refractivity contribution in [3.8, 4) is 6.07 Å². The summed E-state index contributed by atoms with van der Waals surface area (Å²) in [6.45, 7) is 2.24. The van der Waals surface area contributed by atoms with E-state index in [1.807, 2.05) is 11.6 Å². The van der Waals surface area contributed by atoms with Crippen molar-refractivity contribution in [3.05, 3.63) is 21.8 Å². The first kappa shape index (κ1) is 19.5. The first-order valence-corrected chi connectivity index (χ1v) is 11.7. The number of aromatic nitrogens is 3. The Kier molecular flexibility index (Phi) is 5.74. The van der Waals surface area contributed by atoms with Gasteiger partial charge in [0.15, 0.2) is 5.16 Å². The molecule has 1 fully saturated rings. The van der Waals surface area contributed by atoms with Crippen molar-refractivity contribution in [1.29, 1.82) is 5.26 Å². The summed E-state index contributed by atoms with van der Waals surface area (Å²) in [5, 5.41) is 22.7. The number of carbonyl (C=O) groups is 1. The minimum absolute atomic E-state index is 0.0986. The lowest BCUT2D eigenvalue weighted by Crippen LogP contribution is -2.14. The molecule has 0 saturated heterocycles. The molecule has 1 N–H and O–H groups in total. The number of hydrogen-bond acceptors (Lipinski definition) is 6. The van der Waals surface area contributed by atoms with Crippen molar-refractivity contribution in [1.82, 2.24) is 14.8 Å². The molecule has 2 aliphatic rings. The van der Waals surface area contributed by atoms with Gasteiger partial charge in [-0.05, 0) is 43.6 Å². The first-order valence-electron chi connectivity index (χ1n) is 9.93. The van der Waals surface area contributed by atoms with E-state index in [2.05, 4.69) is 28.5 Å². The van der Waals surface area contributed by atoms with E-state index < -0.39 is 0 Å². The average molecular weight is 416 g/mol. The Bertz CT molecular complexity index is 920. The number of rotatable bonds is 5. The molecule has 0 spiro atoms. The summed E-state index contributed by atoms with van der Waals surface area (Å²) in [5.41, 5.74) is 1.80. The molecule has 1 amide bonds. The van der Waals surface area contributed by atoms with Gasteiger partial charge in [-0.15, -0.1) is 21.5 Å². The topological polar surface area (TPSA) is 83.6 Å². The zero-order chi connectivity index (χ0) is 19.7. The monoisotopic (exact) mass is 415 g/mol. The molecule has 0 radical (unpaired) electrons. The first-order chi connectivity index (χ1) is 13.6. The lowest BCUT2D eigenvalue weighted by molar-refractivity contribution is -0.113. The average Bonchev–Trinajstić information content (AvgIpc) is 3.38. The highest BCUT2D eigenvalue weighted by molar-refractivity contribution is 7.99. The van der Waals surface area contributed by atoms with Crippen molar-refractivity contribution < 1.29 is 4.79 Å². The van der Waals surface area contributed by atoms with E-state index in [0.29, 0.717) is 22.4 Å². The molecule has 0 aliphatic heterocycles.